The number of benzene rings is 1. The van der Waals surface area contributed by atoms with Crippen molar-refractivity contribution in [2.45, 2.75) is 23.8 Å². The van der Waals surface area contributed by atoms with Crippen LogP contribution in [0.2, 0.25) is 0 Å². The smallest absolute Gasteiger partial charge is 0.0469 e. The molecule has 21 heavy (non-hydrogen) atoms. The lowest BCUT2D eigenvalue weighted by Crippen LogP contribution is -2.47. The minimum Gasteiger partial charge on any atom is -0.381 e. The molecule has 2 saturated heterocycles. The lowest BCUT2D eigenvalue weighted by molar-refractivity contribution is 0.0213. The summed E-state index contributed by atoms with van der Waals surface area (Å²) in [6.07, 6.45) is 4.53. The number of rotatable bonds is 4. The molecule has 1 atom stereocenters. The predicted octanol–water partition coefficient (Wildman–Crippen LogP) is 2.78. The van der Waals surface area contributed by atoms with Crippen LogP contribution in [-0.4, -0.2) is 50.5 Å². The number of ether oxygens (including phenoxy) is 1. The molecule has 0 unspecified atom stereocenters. The molecule has 0 aliphatic carbocycles. The summed E-state index contributed by atoms with van der Waals surface area (Å²) in [5.41, 5.74) is 1.49. The zero-order valence-corrected chi connectivity index (χ0v) is 13.7. The molecule has 0 saturated carbocycles. The van der Waals surface area contributed by atoms with Crippen LogP contribution >= 0.6 is 11.8 Å². The largest absolute Gasteiger partial charge is 0.381 e. The lowest BCUT2D eigenvalue weighted by Gasteiger charge is -2.41. The van der Waals surface area contributed by atoms with E-state index >= 15 is 0 Å². The first-order valence-electron chi connectivity index (χ1n) is 8.05. The maximum atomic E-state index is 5.58. The molecule has 0 radical (unpaired) electrons. The third kappa shape index (κ3) is 3.81. The van der Waals surface area contributed by atoms with Crippen molar-refractivity contribution in [1.82, 2.24) is 10.2 Å². The quantitative estimate of drug-likeness (QED) is 0.865. The molecular formula is C17H26N2OS. The molecule has 0 bridgehead atoms. The molecule has 2 fully saturated rings. The highest BCUT2D eigenvalue weighted by molar-refractivity contribution is 7.98. The van der Waals surface area contributed by atoms with Gasteiger partial charge in [-0.2, -0.15) is 0 Å². The lowest BCUT2D eigenvalue weighted by atomic mass is 9.85. The van der Waals surface area contributed by atoms with Crippen molar-refractivity contribution in [3.63, 3.8) is 0 Å². The van der Waals surface area contributed by atoms with Gasteiger partial charge in [-0.25, -0.2) is 0 Å². The van der Waals surface area contributed by atoms with E-state index in [9.17, 15) is 0 Å². The highest BCUT2D eigenvalue weighted by Crippen LogP contribution is 2.35. The van der Waals surface area contributed by atoms with Gasteiger partial charge >= 0.3 is 0 Å². The Morgan fingerprint density at radius 2 is 1.81 bits per heavy atom. The van der Waals surface area contributed by atoms with Gasteiger partial charge in [0.25, 0.3) is 0 Å². The number of thioether (sulfide) groups is 1. The Balaban J connectivity index is 1.82. The van der Waals surface area contributed by atoms with Gasteiger partial charge in [0.1, 0.15) is 0 Å². The third-order valence-electron chi connectivity index (χ3n) is 4.71. The molecule has 3 rings (SSSR count). The molecule has 116 valence electrons. The minimum atomic E-state index is 0.562. The maximum Gasteiger partial charge on any atom is 0.0469 e. The summed E-state index contributed by atoms with van der Waals surface area (Å²) in [6, 6.07) is 9.79. The first-order valence-corrected chi connectivity index (χ1v) is 9.27. The van der Waals surface area contributed by atoms with Crippen LogP contribution in [0.1, 0.15) is 24.4 Å². The van der Waals surface area contributed by atoms with E-state index in [1.807, 2.05) is 11.8 Å². The van der Waals surface area contributed by atoms with E-state index in [4.69, 9.17) is 4.74 Å². The molecule has 3 nitrogen and oxygen atoms in total. The van der Waals surface area contributed by atoms with Crippen molar-refractivity contribution in [2.24, 2.45) is 5.92 Å². The van der Waals surface area contributed by atoms with Gasteiger partial charge in [-0.3, -0.25) is 4.90 Å². The molecule has 1 aromatic carbocycles. The van der Waals surface area contributed by atoms with Gasteiger partial charge in [-0.1, -0.05) is 12.1 Å². The van der Waals surface area contributed by atoms with Gasteiger partial charge in [0.2, 0.25) is 0 Å². The first-order chi connectivity index (χ1) is 10.4. The number of nitrogens with one attached hydrogen (secondary N) is 1. The number of hydrogen-bond acceptors (Lipinski definition) is 4. The van der Waals surface area contributed by atoms with Gasteiger partial charge < -0.3 is 10.1 Å². The molecule has 2 aliphatic rings. The number of piperazine rings is 1. The predicted molar refractivity (Wildman–Crippen MR) is 88.9 cm³/mol. The van der Waals surface area contributed by atoms with Crippen molar-refractivity contribution in [1.29, 1.82) is 0 Å². The van der Waals surface area contributed by atoms with Gasteiger partial charge in [0.05, 0.1) is 0 Å². The molecule has 2 heterocycles. The summed E-state index contributed by atoms with van der Waals surface area (Å²) in [7, 11) is 0. The highest BCUT2D eigenvalue weighted by atomic mass is 32.2. The van der Waals surface area contributed by atoms with Gasteiger partial charge in [0, 0.05) is 50.3 Å². The van der Waals surface area contributed by atoms with E-state index in [-0.39, 0.29) is 0 Å². The van der Waals surface area contributed by atoms with E-state index in [1.54, 1.807) is 0 Å². The van der Waals surface area contributed by atoms with Crippen molar-refractivity contribution >= 4 is 11.8 Å². The van der Waals surface area contributed by atoms with Crippen LogP contribution < -0.4 is 5.32 Å². The fraction of sp³-hybridized carbons (Fsp3) is 0.647. The average Bonchev–Trinajstić information content (AvgIpc) is 2.58. The zero-order valence-electron chi connectivity index (χ0n) is 12.9. The van der Waals surface area contributed by atoms with E-state index < -0.39 is 0 Å². The summed E-state index contributed by atoms with van der Waals surface area (Å²) in [4.78, 5) is 4.03. The first kappa shape index (κ1) is 15.3. The Morgan fingerprint density at radius 1 is 1.14 bits per heavy atom. The van der Waals surface area contributed by atoms with Gasteiger partial charge in [-0.05, 0) is 42.7 Å². The molecule has 4 heteroatoms. The van der Waals surface area contributed by atoms with Crippen molar-refractivity contribution in [2.75, 3.05) is 45.6 Å². The van der Waals surface area contributed by atoms with Crippen LogP contribution in [0.3, 0.4) is 0 Å². The SMILES string of the molecule is CSc1ccc([C@H](C2CCOCC2)N2CCNCC2)cc1. The second kappa shape index (κ2) is 7.63. The van der Waals surface area contributed by atoms with E-state index in [2.05, 4.69) is 40.7 Å². The monoisotopic (exact) mass is 306 g/mol. The van der Waals surface area contributed by atoms with Crippen LogP contribution in [0, 0.1) is 5.92 Å². The fourth-order valence-corrected chi connectivity index (χ4v) is 3.98. The number of hydrogen-bond donors (Lipinski definition) is 1. The van der Waals surface area contributed by atoms with Crippen molar-refractivity contribution < 1.29 is 4.74 Å². The molecule has 1 aromatic rings. The summed E-state index contributed by atoms with van der Waals surface area (Å²) in [5.74, 6) is 0.733. The Labute approximate surface area is 132 Å². The summed E-state index contributed by atoms with van der Waals surface area (Å²) in [5, 5.41) is 3.47. The zero-order chi connectivity index (χ0) is 14.5. The number of nitrogens with zero attached hydrogens (tertiary/aromatic N) is 1. The second-order valence-corrected chi connectivity index (χ2v) is 6.83. The van der Waals surface area contributed by atoms with E-state index in [1.165, 1.54) is 23.3 Å². The second-order valence-electron chi connectivity index (χ2n) is 5.95. The molecule has 1 N–H and O–H groups in total. The molecule has 2 aliphatic heterocycles. The van der Waals surface area contributed by atoms with Crippen LogP contribution in [-0.2, 0) is 4.74 Å². The Hall–Kier alpha value is -0.550. The summed E-state index contributed by atoms with van der Waals surface area (Å²) in [6.45, 7) is 6.40. The van der Waals surface area contributed by atoms with Gasteiger partial charge in [0.15, 0.2) is 0 Å². The summed E-state index contributed by atoms with van der Waals surface area (Å²) < 4.78 is 5.58. The summed E-state index contributed by atoms with van der Waals surface area (Å²) >= 11 is 1.82. The average molecular weight is 306 g/mol. The maximum absolute atomic E-state index is 5.58. The minimum absolute atomic E-state index is 0.562. The Morgan fingerprint density at radius 3 is 2.43 bits per heavy atom. The molecule has 0 spiro atoms. The molecule has 0 amide bonds. The van der Waals surface area contributed by atoms with E-state index in [0.717, 1.165) is 45.3 Å². The van der Waals surface area contributed by atoms with Crippen molar-refractivity contribution in [3.05, 3.63) is 29.8 Å². The van der Waals surface area contributed by atoms with E-state index in [0.29, 0.717) is 6.04 Å². The molecular weight excluding hydrogens is 280 g/mol. The Bertz CT molecular complexity index is 407. The van der Waals surface area contributed by atoms with Crippen LogP contribution in [0.4, 0.5) is 0 Å². The van der Waals surface area contributed by atoms with Crippen LogP contribution in [0.5, 0.6) is 0 Å². The fourth-order valence-electron chi connectivity index (χ4n) is 3.57. The standard InChI is InChI=1S/C17H26N2OS/c1-21-16-4-2-14(3-5-16)17(15-6-12-20-13-7-15)19-10-8-18-9-11-19/h2-5,15,17-18H,6-13H2,1H3/t17-/m1/s1. The van der Waals surface area contributed by atoms with Crippen molar-refractivity contribution in [3.8, 4) is 0 Å². The normalized spacial score (nSPS) is 23.1. The Kier molecular flexibility index (Phi) is 5.58. The molecule has 0 aromatic heterocycles. The van der Waals surface area contributed by atoms with Crippen LogP contribution in [0.15, 0.2) is 29.2 Å². The third-order valence-corrected chi connectivity index (χ3v) is 5.46. The van der Waals surface area contributed by atoms with Gasteiger partial charge in [-0.15, -0.1) is 11.8 Å². The highest BCUT2D eigenvalue weighted by Gasteiger charge is 2.31. The topological polar surface area (TPSA) is 24.5 Å². The van der Waals surface area contributed by atoms with Crippen LogP contribution in [0.25, 0.3) is 0 Å².